The molecule has 0 aliphatic carbocycles. The first-order valence-corrected chi connectivity index (χ1v) is 16.1. The maximum Gasteiger partial charge on any atom is 0.416 e. The van der Waals surface area contributed by atoms with E-state index in [4.69, 9.17) is 4.74 Å². The van der Waals surface area contributed by atoms with Crippen LogP contribution in [0.5, 0.6) is 0 Å². The lowest BCUT2D eigenvalue weighted by molar-refractivity contribution is -0.137. The molecule has 0 aromatic heterocycles. The number of rotatable bonds is 14. The van der Waals surface area contributed by atoms with Crippen LogP contribution in [0.15, 0.2) is 59.5 Å². The van der Waals surface area contributed by atoms with Crippen LogP contribution in [0.25, 0.3) is 0 Å². The number of ether oxygens (including phenoxy) is 1. The SMILES string of the molecule is CC(C)CC(CC(=O)N1CCC(N(C(C)C)S(=O)(=O)c2cccc(C(F)(F)F)c2)CC1)NCCOCc1ccccc1. The van der Waals surface area contributed by atoms with Crippen LogP contribution in [0.2, 0.25) is 0 Å². The third-order valence-electron chi connectivity index (χ3n) is 7.39. The van der Waals surface area contributed by atoms with Gasteiger partial charge in [0, 0.05) is 44.2 Å². The van der Waals surface area contributed by atoms with Gasteiger partial charge in [0.2, 0.25) is 15.9 Å². The van der Waals surface area contributed by atoms with E-state index in [9.17, 15) is 26.4 Å². The first kappa shape index (κ1) is 34.0. The van der Waals surface area contributed by atoms with Crippen LogP contribution >= 0.6 is 0 Å². The molecule has 1 fully saturated rings. The number of benzene rings is 2. The second-order valence-corrected chi connectivity index (χ2v) is 13.4. The quantitative estimate of drug-likeness (QED) is 0.277. The highest BCUT2D eigenvalue weighted by atomic mass is 32.2. The predicted molar refractivity (Wildman–Crippen MR) is 157 cm³/mol. The highest BCUT2D eigenvalue weighted by Gasteiger charge is 2.38. The summed E-state index contributed by atoms with van der Waals surface area (Å²) in [5.74, 6) is 0.403. The van der Waals surface area contributed by atoms with Crippen molar-refractivity contribution in [2.45, 2.75) is 89.2 Å². The second kappa shape index (κ2) is 15.3. The fraction of sp³-hybridized carbons (Fsp3) is 0.581. The summed E-state index contributed by atoms with van der Waals surface area (Å²) in [6, 6.07) is 12.9. The molecule has 3 rings (SSSR count). The molecule has 7 nitrogen and oxygen atoms in total. The van der Waals surface area contributed by atoms with Crippen molar-refractivity contribution in [1.29, 1.82) is 0 Å². The third-order valence-corrected chi connectivity index (χ3v) is 9.52. The number of carbonyl (C=O) groups is 1. The molecule has 0 radical (unpaired) electrons. The molecule has 2 aromatic carbocycles. The highest BCUT2D eigenvalue weighted by Crippen LogP contribution is 2.33. The molecule has 42 heavy (non-hydrogen) atoms. The summed E-state index contributed by atoms with van der Waals surface area (Å²) in [5.41, 5.74) is 0.105. The molecule has 11 heteroatoms. The van der Waals surface area contributed by atoms with Crippen LogP contribution in [0.3, 0.4) is 0 Å². The van der Waals surface area contributed by atoms with E-state index in [1.165, 1.54) is 10.4 Å². The van der Waals surface area contributed by atoms with Gasteiger partial charge in [0.1, 0.15) is 0 Å². The van der Waals surface area contributed by atoms with Crippen molar-refractivity contribution in [3.8, 4) is 0 Å². The zero-order valence-corrected chi connectivity index (χ0v) is 25.8. The minimum absolute atomic E-state index is 0.00800. The van der Waals surface area contributed by atoms with E-state index in [2.05, 4.69) is 19.2 Å². The average molecular weight is 612 g/mol. The summed E-state index contributed by atoms with van der Waals surface area (Å²) in [6.07, 6.45) is -2.65. The topological polar surface area (TPSA) is 79.0 Å². The molecule has 1 unspecified atom stereocenters. The number of hydrogen-bond acceptors (Lipinski definition) is 5. The number of nitrogens with zero attached hydrogens (tertiary/aromatic N) is 2. The van der Waals surface area contributed by atoms with E-state index in [1.807, 2.05) is 30.3 Å². The Bertz CT molecular complexity index is 1230. The lowest BCUT2D eigenvalue weighted by Crippen LogP contribution is -2.51. The average Bonchev–Trinajstić information content (AvgIpc) is 2.92. The molecule has 1 N–H and O–H groups in total. The Morgan fingerprint density at radius 1 is 1.05 bits per heavy atom. The van der Waals surface area contributed by atoms with Crippen molar-refractivity contribution in [2.24, 2.45) is 5.92 Å². The molecular formula is C31H44F3N3O4S. The van der Waals surface area contributed by atoms with E-state index in [1.54, 1.807) is 18.7 Å². The summed E-state index contributed by atoms with van der Waals surface area (Å²) < 4.78 is 73.9. The molecular weight excluding hydrogens is 567 g/mol. The van der Waals surface area contributed by atoms with Gasteiger partial charge in [-0.15, -0.1) is 0 Å². The van der Waals surface area contributed by atoms with Crippen molar-refractivity contribution < 1.29 is 31.1 Å². The van der Waals surface area contributed by atoms with Gasteiger partial charge in [0.25, 0.3) is 0 Å². The monoisotopic (exact) mass is 611 g/mol. The predicted octanol–water partition coefficient (Wildman–Crippen LogP) is 5.71. The smallest absolute Gasteiger partial charge is 0.375 e. The van der Waals surface area contributed by atoms with Crippen molar-refractivity contribution in [3.05, 3.63) is 65.7 Å². The molecule has 1 saturated heterocycles. The van der Waals surface area contributed by atoms with Crippen molar-refractivity contribution in [1.82, 2.24) is 14.5 Å². The molecule has 1 aliphatic rings. The van der Waals surface area contributed by atoms with Crippen LogP contribution in [0, 0.1) is 5.92 Å². The van der Waals surface area contributed by atoms with Gasteiger partial charge in [0.15, 0.2) is 0 Å². The molecule has 1 atom stereocenters. The second-order valence-electron chi connectivity index (χ2n) is 11.6. The Balaban J connectivity index is 1.56. The molecule has 1 heterocycles. The van der Waals surface area contributed by atoms with Crippen LogP contribution in [0.4, 0.5) is 13.2 Å². The Hall–Kier alpha value is -2.47. The van der Waals surface area contributed by atoms with Gasteiger partial charge in [-0.05, 0) is 62.8 Å². The highest BCUT2D eigenvalue weighted by molar-refractivity contribution is 7.89. The molecule has 234 valence electrons. The van der Waals surface area contributed by atoms with E-state index >= 15 is 0 Å². The Labute approximate surface area is 248 Å². The molecule has 1 amide bonds. The van der Waals surface area contributed by atoms with Crippen LogP contribution in [0.1, 0.15) is 64.5 Å². The van der Waals surface area contributed by atoms with Gasteiger partial charge in [-0.3, -0.25) is 4.79 Å². The van der Waals surface area contributed by atoms with Gasteiger partial charge >= 0.3 is 6.18 Å². The summed E-state index contributed by atoms with van der Waals surface area (Å²) >= 11 is 0. The Morgan fingerprint density at radius 2 is 1.71 bits per heavy atom. The van der Waals surface area contributed by atoms with Crippen molar-refractivity contribution in [2.75, 3.05) is 26.2 Å². The lowest BCUT2D eigenvalue weighted by Gasteiger charge is -2.40. The first-order chi connectivity index (χ1) is 19.8. The van der Waals surface area contributed by atoms with E-state index in [0.29, 0.717) is 64.1 Å². The Morgan fingerprint density at radius 3 is 2.31 bits per heavy atom. The van der Waals surface area contributed by atoms with Crippen molar-refractivity contribution >= 4 is 15.9 Å². The van der Waals surface area contributed by atoms with Crippen LogP contribution in [-0.2, 0) is 32.3 Å². The van der Waals surface area contributed by atoms with E-state index in [0.717, 1.165) is 24.1 Å². The van der Waals surface area contributed by atoms with E-state index in [-0.39, 0.29) is 16.8 Å². The van der Waals surface area contributed by atoms with Gasteiger partial charge in [-0.1, -0.05) is 50.2 Å². The minimum atomic E-state index is -4.64. The van der Waals surface area contributed by atoms with Crippen molar-refractivity contribution in [3.63, 3.8) is 0 Å². The normalized spacial score (nSPS) is 16.0. The number of alkyl halides is 3. The fourth-order valence-corrected chi connectivity index (χ4v) is 7.40. The zero-order valence-electron chi connectivity index (χ0n) is 24.9. The standard InChI is InChI=1S/C31H44F3N3O4S/c1-23(2)19-27(35-15-18-41-22-25-9-6-5-7-10-25)21-30(38)36-16-13-28(14-17-36)37(24(3)4)42(39,40)29-12-8-11-26(20-29)31(32,33)34/h5-12,20,23-24,27-28,35H,13-19,21-22H2,1-4H3. The van der Waals surface area contributed by atoms with Crippen LogP contribution < -0.4 is 5.32 Å². The molecule has 0 bridgehead atoms. The largest absolute Gasteiger partial charge is 0.416 e. The first-order valence-electron chi connectivity index (χ1n) is 14.6. The molecule has 0 saturated carbocycles. The van der Waals surface area contributed by atoms with Gasteiger partial charge in [-0.25, -0.2) is 8.42 Å². The Kier molecular flexibility index (Phi) is 12.4. The number of halogens is 3. The van der Waals surface area contributed by atoms with E-state index < -0.39 is 33.8 Å². The lowest BCUT2D eigenvalue weighted by atomic mass is 9.99. The maximum absolute atomic E-state index is 13.5. The molecule has 2 aromatic rings. The fourth-order valence-electron chi connectivity index (χ4n) is 5.47. The number of sulfonamides is 1. The number of carbonyl (C=O) groups excluding carboxylic acids is 1. The van der Waals surface area contributed by atoms with Crippen LogP contribution in [-0.4, -0.2) is 67.9 Å². The van der Waals surface area contributed by atoms with Gasteiger partial charge in [0.05, 0.1) is 23.7 Å². The molecule has 0 spiro atoms. The summed E-state index contributed by atoms with van der Waals surface area (Å²) in [4.78, 5) is 14.6. The number of hydrogen-bond donors (Lipinski definition) is 1. The zero-order chi connectivity index (χ0) is 30.9. The maximum atomic E-state index is 13.5. The summed E-state index contributed by atoms with van der Waals surface area (Å²) in [6.45, 7) is 10.1. The van der Waals surface area contributed by atoms with Gasteiger partial charge in [-0.2, -0.15) is 17.5 Å². The summed E-state index contributed by atoms with van der Waals surface area (Å²) in [7, 11) is -4.18. The molecule has 1 aliphatic heterocycles. The minimum Gasteiger partial charge on any atom is -0.375 e. The number of piperidine rings is 1. The third kappa shape index (κ3) is 9.79. The number of likely N-dealkylation sites (tertiary alicyclic amines) is 1. The van der Waals surface area contributed by atoms with Gasteiger partial charge < -0.3 is 15.0 Å². The number of amides is 1. The summed E-state index contributed by atoms with van der Waals surface area (Å²) in [5, 5.41) is 3.46. The number of nitrogens with one attached hydrogen (secondary N) is 1.